The van der Waals surface area contributed by atoms with Crippen molar-refractivity contribution in [1.82, 2.24) is 0 Å². The van der Waals surface area contributed by atoms with E-state index in [-0.39, 0.29) is 12.4 Å². The first-order chi connectivity index (χ1) is 7.06. The fourth-order valence-electron chi connectivity index (χ4n) is 0.925. The molecule has 0 saturated carbocycles. The van der Waals surface area contributed by atoms with Crippen LogP contribution in [-0.2, 0) is 19.1 Å². The number of hydrogen-bond donors (Lipinski definition) is 0. The van der Waals surface area contributed by atoms with Crippen LogP contribution in [0.4, 0.5) is 0 Å². The summed E-state index contributed by atoms with van der Waals surface area (Å²) in [5.41, 5.74) is 0. The van der Waals surface area contributed by atoms with Gasteiger partial charge in [0.15, 0.2) is 0 Å². The molecule has 0 aliphatic rings. The van der Waals surface area contributed by atoms with E-state index in [1.54, 1.807) is 0 Å². The van der Waals surface area contributed by atoms with Crippen LogP contribution in [0.15, 0.2) is 25.3 Å². The smallest absolute Gasteiger partial charge is 0.352 e. The Labute approximate surface area is 89.6 Å². The van der Waals surface area contributed by atoms with Gasteiger partial charge in [-0.25, -0.2) is 4.79 Å². The third-order valence-electron chi connectivity index (χ3n) is 1.79. The van der Waals surface area contributed by atoms with Crippen LogP contribution in [0.2, 0.25) is 0 Å². The summed E-state index contributed by atoms with van der Waals surface area (Å²) in [6, 6.07) is 0. The van der Waals surface area contributed by atoms with E-state index in [9.17, 15) is 9.59 Å². The Balaban J connectivity index is 4.36. The van der Waals surface area contributed by atoms with Crippen molar-refractivity contribution in [2.75, 3.05) is 0 Å². The van der Waals surface area contributed by atoms with Gasteiger partial charge in [0.1, 0.15) is 6.10 Å². The van der Waals surface area contributed by atoms with Crippen molar-refractivity contribution in [2.45, 2.75) is 26.1 Å². The summed E-state index contributed by atoms with van der Waals surface area (Å²) in [6.45, 7) is 10.9. The quantitative estimate of drug-likeness (QED) is 0.364. The topological polar surface area (TPSA) is 52.6 Å². The number of carbonyl (C=O) groups excluding carboxylic acids is 2. The van der Waals surface area contributed by atoms with Crippen LogP contribution >= 0.6 is 0 Å². The molecule has 0 saturated heterocycles. The first-order valence-electron chi connectivity index (χ1n) is 4.61. The van der Waals surface area contributed by atoms with Crippen molar-refractivity contribution in [1.29, 1.82) is 0 Å². The molecule has 0 amide bonds. The second-order valence-electron chi connectivity index (χ2n) is 3.27. The van der Waals surface area contributed by atoms with Crippen LogP contribution in [0.5, 0.6) is 0 Å². The van der Waals surface area contributed by atoms with Crippen LogP contribution in [0.1, 0.15) is 13.8 Å². The Hall–Kier alpha value is -1.58. The SMILES string of the molecule is C=CC(OC=O)C(=O)OC(C=C)C(C)C. The summed E-state index contributed by atoms with van der Waals surface area (Å²) < 4.78 is 9.53. The maximum Gasteiger partial charge on any atom is 0.352 e. The Morgan fingerprint density at radius 3 is 2.20 bits per heavy atom. The van der Waals surface area contributed by atoms with Crippen LogP contribution in [0, 0.1) is 5.92 Å². The molecule has 0 aromatic rings. The largest absolute Gasteiger partial charge is 0.455 e. The highest BCUT2D eigenvalue weighted by Crippen LogP contribution is 2.09. The molecule has 15 heavy (non-hydrogen) atoms. The third kappa shape index (κ3) is 4.44. The van der Waals surface area contributed by atoms with Crippen molar-refractivity contribution in [2.24, 2.45) is 5.92 Å². The van der Waals surface area contributed by atoms with Gasteiger partial charge in [0, 0.05) is 0 Å². The van der Waals surface area contributed by atoms with E-state index in [0.717, 1.165) is 0 Å². The summed E-state index contributed by atoms with van der Waals surface area (Å²) >= 11 is 0. The molecule has 0 heterocycles. The van der Waals surface area contributed by atoms with Crippen LogP contribution in [0.3, 0.4) is 0 Å². The molecule has 2 unspecified atom stereocenters. The molecule has 84 valence electrons. The summed E-state index contributed by atoms with van der Waals surface area (Å²) in [5.74, 6) is -0.524. The monoisotopic (exact) mass is 212 g/mol. The van der Waals surface area contributed by atoms with E-state index in [1.165, 1.54) is 12.2 Å². The molecule has 2 atom stereocenters. The Kier molecular flexibility index (Phi) is 6.09. The summed E-state index contributed by atoms with van der Waals surface area (Å²) in [4.78, 5) is 21.5. The third-order valence-corrected chi connectivity index (χ3v) is 1.79. The van der Waals surface area contributed by atoms with Gasteiger partial charge in [0.25, 0.3) is 6.47 Å². The second-order valence-corrected chi connectivity index (χ2v) is 3.27. The summed E-state index contributed by atoms with van der Waals surface area (Å²) in [5, 5.41) is 0. The lowest BCUT2D eigenvalue weighted by atomic mass is 10.1. The standard InChI is InChI=1S/C11H16O4/c1-5-9(8(3)4)15-11(13)10(6-2)14-7-12/h5-10H,1-2H2,3-4H3. The van der Waals surface area contributed by atoms with Crippen molar-refractivity contribution in [3.63, 3.8) is 0 Å². The molecule has 0 radical (unpaired) electrons. The molecule has 0 aromatic heterocycles. The molecule has 0 spiro atoms. The number of carbonyl (C=O) groups is 2. The Morgan fingerprint density at radius 2 is 1.87 bits per heavy atom. The van der Waals surface area contributed by atoms with E-state index in [2.05, 4.69) is 17.9 Å². The molecular formula is C11H16O4. The maximum absolute atomic E-state index is 11.4. The van der Waals surface area contributed by atoms with E-state index < -0.39 is 18.2 Å². The predicted molar refractivity (Wildman–Crippen MR) is 56.0 cm³/mol. The minimum absolute atomic E-state index is 0.119. The zero-order valence-electron chi connectivity index (χ0n) is 9.01. The molecule has 0 bridgehead atoms. The second kappa shape index (κ2) is 6.81. The average molecular weight is 212 g/mol. The predicted octanol–water partition coefficient (Wildman–Crippen LogP) is 1.47. The fourth-order valence-corrected chi connectivity index (χ4v) is 0.925. The number of rotatable bonds is 7. The molecule has 0 aromatic carbocycles. The Bertz CT molecular complexity index is 245. The molecule has 0 fully saturated rings. The molecule has 0 N–H and O–H groups in total. The summed E-state index contributed by atoms with van der Waals surface area (Å²) in [7, 11) is 0. The fraction of sp³-hybridized carbons (Fsp3) is 0.455. The van der Waals surface area contributed by atoms with Gasteiger partial charge in [-0.2, -0.15) is 0 Å². The van der Waals surface area contributed by atoms with Crippen LogP contribution < -0.4 is 0 Å². The summed E-state index contributed by atoms with van der Waals surface area (Å²) in [6.07, 6.45) is 1.29. The zero-order valence-corrected chi connectivity index (χ0v) is 9.01. The molecule has 4 heteroatoms. The average Bonchev–Trinajstić information content (AvgIpc) is 2.21. The molecule has 0 rings (SSSR count). The van der Waals surface area contributed by atoms with E-state index in [4.69, 9.17) is 4.74 Å². The highest BCUT2D eigenvalue weighted by molar-refractivity contribution is 5.78. The maximum atomic E-state index is 11.4. The minimum Gasteiger partial charge on any atom is -0.455 e. The number of ether oxygens (including phenoxy) is 2. The lowest BCUT2D eigenvalue weighted by Crippen LogP contribution is -2.30. The number of esters is 1. The molecule has 0 aliphatic heterocycles. The van der Waals surface area contributed by atoms with Gasteiger partial charge in [0.05, 0.1) is 0 Å². The van der Waals surface area contributed by atoms with Gasteiger partial charge in [-0.3, -0.25) is 4.79 Å². The van der Waals surface area contributed by atoms with Gasteiger partial charge < -0.3 is 9.47 Å². The van der Waals surface area contributed by atoms with Crippen LogP contribution in [-0.4, -0.2) is 24.6 Å². The van der Waals surface area contributed by atoms with E-state index in [1.807, 2.05) is 13.8 Å². The first kappa shape index (κ1) is 13.4. The van der Waals surface area contributed by atoms with Crippen molar-refractivity contribution in [3.8, 4) is 0 Å². The normalized spacial score (nSPS) is 13.8. The molecular weight excluding hydrogens is 196 g/mol. The van der Waals surface area contributed by atoms with Crippen LogP contribution in [0.25, 0.3) is 0 Å². The highest BCUT2D eigenvalue weighted by atomic mass is 16.6. The van der Waals surface area contributed by atoms with Gasteiger partial charge in [-0.05, 0) is 12.0 Å². The number of hydrogen-bond acceptors (Lipinski definition) is 4. The minimum atomic E-state index is -1.05. The Morgan fingerprint density at radius 1 is 1.27 bits per heavy atom. The van der Waals surface area contributed by atoms with Gasteiger partial charge in [-0.15, -0.1) is 0 Å². The van der Waals surface area contributed by atoms with Crippen molar-refractivity contribution in [3.05, 3.63) is 25.3 Å². The van der Waals surface area contributed by atoms with Crippen molar-refractivity contribution < 1.29 is 19.1 Å². The van der Waals surface area contributed by atoms with Gasteiger partial charge in [0.2, 0.25) is 6.10 Å². The highest BCUT2D eigenvalue weighted by Gasteiger charge is 2.22. The molecule has 0 aliphatic carbocycles. The van der Waals surface area contributed by atoms with E-state index in [0.29, 0.717) is 0 Å². The molecule has 4 nitrogen and oxygen atoms in total. The lowest BCUT2D eigenvalue weighted by Gasteiger charge is -2.19. The van der Waals surface area contributed by atoms with Crippen molar-refractivity contribution >= 4 is 12.4 Å². The lowest BCUT2D eigenvalue weighted by molar-refractivity contribution is -0.162. The van der Waals surface area contributed by atoms with E-state index >= 15 is 0 Å². The zero-order chi connectivity index (χ0) is 11.8. The first-order valence-corrected chi connectivity index (χ1v) is 4.61. The van der Waals surface area contributed by atoms with Gasteiger partial charge in [-0.1, -0.05) is 33.1 Å². The van der Waals surface area contributed by atoms with Gasteiger partial charge >= 0.3 is 5.97 Å².